The van der Waals surface area contributed by atoms with Crippen LogP contribution in [-0.2, 0) is 16.0 Å². The summed E-state index contributed by atoms with van der Waals surface area (Å²) in [6.07, 6.45) is -0.780. The summed E-state index contributed by atoms with van der Waals surface area (Å²) in [5, 5.41) is 13.0. The van der Waals surface area contributed by atoms with Gasteiger partial charge in [0.05, 0.1) is 13.5 Å². The number of aliphatic carboxylic acids is 1. The van der Waals surface area contributed by atoms with Crippen molar-refractivity contribution in [3.8, 4) is 5.75 Å². The normalized spacial score (nSPS) is 19.0. The molecule has 0 amide bonds. The monoisotopic (exact) mass is 405 g/mol. The van der Waals surface area contributed by atoms with Gasteiger partial charge < -0.3 is 19.9 Å². The molecule has 2 unspecified atom stereocenters. The first kappa shape index (κ1) is 19.6. The molecule has 27 heavy (non-hydrogen) atoms. The highest BCUT2D eigenvalue weighted by Crippen LogP contribution is 2.40. The van der Waals surface area contributed by atoms with Crippen LogP contribution >= 0.6 is 23.8 Å². The van der Waals surface area contributed by atoms with Crippen molar-refractivity contribution < 1.29 is 19.4 Å². The molecule has 1 aliphatic heterocycles. The number of thiocarbonyl (C=S) groups is 1. The first-order chi connectivity index (χ1) is 12.9. The van der Waals surface area contributed by atoms with Gasteiger partial charge in [-0.3, -0.25) is 4.79 Å². The van der Waals surface area contributed by atoms with Crippen LogP contribution < -0.4 is 10.1 Å². The zero-order chi connectivity index (χ0) is 19.6. The highest BCUT2D eigenvalue weighted by molar-refractivity contribution is 7.80. The number of carboxylic acid groups (broad SMARTS) is 1. The topological polar surface area (TPSA) is 67.8 Å². The molecule has 0 bridgehead atoms. The molecule has 1 aliphatic rings. The number of benzene rings is 2. The van der Waals surface area contributed by atoms with Crippen LogP contribution in [0.4, 0.5) is 5.69 Å². The number of ether oxygens (including phenoxy) is 2. The van der Waals surface area contributed by atoms with Crippen LogP contribution in [0.5, 0.6) is 5.75 Å². The predicted octanol–water partition coefficient (Wildman–Crippen LogP) is 4.61. The Labute approximate surface area is 168 Å². The second kappa shape index (κ2) is 8.25. The number of halogens is 1. The molecule has 2 N–H and O–H groups in total. The number of hydrogen-bond acceptors (Lipinski definition) is 4. The first-order valence-electron chi connectivity index (χ1n) is 8.58. The third kappa shape index (κ3) is 4.08. The van der Waals surface area contributed by atoms with Crippen LogP contribution in [0.25, 0.3) is 0 Å². The molecule has 0 radical (unpaired) electrons. The number of carboxylic acids is 1. The molecule has 0 saturated heterocycles. The lowest BCUT2D eigenvalue weighted by Gasteiger charge is -2.24. The minimum Gasteiger partial charge on any atom is -0.496 e. The molecule has 0 fully saturated rings. The largest absolute Gasteiger partial charge is 0.496 e. The smallest absolute Gasteiger partial charge is 0.306 e. The van der Waals surface area contributed by atoms with Gasteiger partial charge >= 0.3 is 5.97 Å². The lowest BCUT2D eigenvalue weighted by molar-refractivity contribution is -0.139. The summed E-state index contributed by atoms with van der Waals surface area (Å²) in [4.78, 5) is 11.6. The molecule has 0 aromatic heterocycles. The number of hydrogen-bond donors (Lipinski definition) is 2. The summed E-state index contributed by atoms with van der Waals surface area (Å²) in [6.45, 7) is 2.04. The van der Waals surface area contributed by atoms with Crippen molar-refractivity contribution >= 4 is 40.5 Å². The van der Waals surface area contributed by atoms with Crippen molar-refractivity contribution in [2.75, 3.05) is 12.4 Å². The van der Waals surface area contributed by atoms with Crippen molar-refractivity contribution in [1.29, 1.82) is 0 Å². The Morgan fingerprint density at radius 3 is 2.78 bits per heavy atom. The third-order valence-corrected chi connectivity index (χ3v) is 5.13. The van der Waals surface area contributed by atoms with E-state index < -0.39 is 18.2 Å². The van der Waals surface area contributed by atoms with Crippen LogP contribution in [0.15, 0.2) is 36.4 Å². The minimum absolute atomic E-state index is 0.227. The van der Waals surface area contributed by atoms with E-state index in [9.17, 15) is 9.90 Å². The van der Waals surface area contributed by atoms with Gasteiger partial charge in [-0.25, -0.2) is 0 Å². The third-order valence-electron chi connectivity index (χ3n) is 4.53. The van der Waals surface area contributed by atoms with Gasteiger partial charge in [0.2, 0.25) is 0 Å². The van der Waals surface area contributed by atoms with Crippen LogP contribution in [0.3, 0.4) is 0 Å². The minimum atomic E-state index is -0.978. The van der Waals surface area contributed by atoms with E-state index in [-0.39, 0.29) is 6.42 Å². The number of carbonyl (C=O) groups is 1. The Hall–Kier alpha value is -2.15. The van der Waals surface area contributed by atoms with E-state index in [2.05, 4.69) is 5.32 Å². The van der Waals surface area contributed by atoms with Crippen LogP contribution in [-0.4, -0.2) is 29.3 Å². The van der Waals surface area contributed by atoms with Gasteiger partial charge in [0.15, 0.2) is 0 Å². The summed E-state index contributed by atoms with van der Waals surface area (Å²) in [6, 6.07) is 11.2. The molecular formula is C20H20ClNO4S. The van der Waals surface area contributed by atoms with Crippen LogP contribution in [0.1, 0.15) is 36.1 Å². The fourth-order valence-corrected chi connectivity index (χ4v) is 3.74. The van der Waals surface area contributed by atoms with Crippen molar-refractivity contribution in [3.05, 3.63) is 58.1 Å². The maximum absolute atomic E-state index is 11.3. The molecule has 2 aromatic carbocycles. The van der Waals surface area contributed by atoms with Crippen molar-refractivity contribution in [2.24, 2.45) is 0 Å². The zero-order valence-corrected chi connectivity index (χ0v) is 16.6. The second-order valence-corrected chi connectivity index (χ2v) is 7.08. The summed E-state index contributed by atoms with van der Waals surface area (Å²) in [5.74, 6) is -0.218. The van der Waals surface area contributed by atoms with E-state index in [1.807, 2.05) is 37.3 Å². The molecule has 7 heteroatoms. The Balaban J connectivity index is 2.18. The lowest BCUT2D eigenvalue weighted by atomic mass is 9.93. The van der Waals surface area contributed by atoms with Gasteiger partial charge in [0.25, 0.3) is 0 Å². The molecule has 0 spiro atoms. The average Bonchev–Trinajstić information content (AvgIpc) is 2.77. The van der Waals surface area contributed by atoms with Gasteiger partial charge in [-0.05, 0) is 41.8 Å². The summed E-state index contributed by atoms with van der Waals surface area (Å²) in [5.41, 5.74) is 3.47. The maximum Gasteiger partial charge on any atom is 0.306 e. The number of rotatable bonds is 5. The fourth-order valence-electron chi connectivity index (χ4n) is 3.32. The SMILES string of the molecule is CCc1c(OC)cccc1C1OC(CC(=O)O)C(=S)Nc2ccc(Cl)cc21. The van der Waals surface area contributed by atoms with Crippen molar-refractivity contribution in [1.82, 2.24) is 0 Å². The van der Waals surface area contributed by atoms with E-state index in [0.29, 0.717) is 10.0 Å². The number of fused-ring (bicyclic) bond motifs is 1. The number of methoxy groups -OCH3 is 1. The average molecular weight is 406 g/mol. The quantitative estimate of drug-likeness (QED) is 0.708. The summed E-state index contributed by atoms with van der Waals surface area (Å²) < 4.78 is 11.8. The zero-order valence-electron chi connectivity index (χ0n) is 15.0. The molecular weight excluding hydrogens is 386 g/mol. The lowest BCUT2D eigenvalue weighted by Crippen LogP contribution is -2.30. The van der Waals surface area contributed by atoms with Gasteiger partial charge in [-0.2, -0.15) is 0 Å². The van der Waals surface area contributed by atoms with E-state index in [4.69, 9.17) is 33.3 Å². The molecule has 3 rings (SSSR count). The summed E-state index contributed by atoms with van der Waals surface area (Å²) >= 11 is 11.6. The first-order valence-corrected chi connectivity index (χ1v) is 9.36. The molecule has 2 atom stereocenters. The van der Waals surface area contributed by atoms with Gasteiger partial charge in [-0.1, -0.05) is 42.9 Å². The van der Waals surface area contributed by atoms with Gasteiger partial charge in [-0.15, -0.1) is 0 Å². The van der Waals surface area contributed by atoms with Crippen molar-refractivity contribution in [3.63, 3.8) is 0 Å². The Bertz CT molecular complexity index is 886. The van der Waals surface area contributed by atoms with E-state index in [1.54, 1.807) is 13.2 Å². The molecule has 142 valence electrons. The number of nitrogens with one attached hydrogen (secondary N) is 1. The Morgan fingerprint density at radius 2 is 2.11 bits per heavy atom. The van der Waals surface area contributed by atoms with Crippen LogP contribution in [0.2, 0.25) is 5.02 Å². The van der Waals surface area contributed by atoms with E-state index >= 15 is 0 Å². The predicted molar refractivity (Wildman–Crippen MR) is 109 cm³/mol. The Morgan fingerprint density at radius 1 is 1.33 bits per heavy atom. The molecule has 2 aromatic rings. The Kier molecular flexibility index (Phi) is 5.99. The molecule has 0 saturated carbocycles. The standard InChI is InChI=1S/C20H20ClNO4S/c1-3-12-13(5-4-6-16(12)25-2)19-14-9-11(21)7-8-15(14)22-20(27)17(26-19)10-18(23)24/h4-9,17,19H,3,10H2,1-2H3,(H,22,27)(H,23,24). The van der Waals surface area contributed by atoms with Gasteiger partial charge in [0, 0.05) is 16.3 Å². The fraction of sp³-hybridized carbons (Fsp3) is 0.300. The van der Waals surface area contributed by atoms with E-state index in [1.165, 1.54) is 0 Å². The van der Waals surface area contributed by atoms with Gasteiger partial charge in [0.1, 0.15) is 22.9 Å². The van der Waals surface area contributed by atoms with Crippen molar-refractivity contribution in [2.45, 2.75) is 32.0 Å². The van der Waals surface area contributed by atoms with Crippen LogP contribution in [0, 0.1) is 0 Å². The highest BCUT2D eigenvalue weighted by atomic mass is 35.5. The maximum atomic E-state index is 11.3. The van der Waals surface area contributed by atoms with E-state index in [0.717, 1.165) is 34.5 Å². The highest BCUT2D eigenvalue weighted by Gasteiger charge is 2.32. The second-order valence-electron chi connectivity index (χ2n) is 6.21. The number of anilines is 1. The summed E-state index contributed by atoms with van der Waals surface area (Å²) in [7, 11) is 1.63. The molecule has 5 nitrogen and oxygen atoms in total. The molecule has 0 aliphatic carbocycles. The molecule has 1 heterocycles.